The van der Waals surface area contributed by atoms with Gasteiger partial charge in [0.05, 0.1) is 24.1 Å². The van der Waals surface area contributed by atoms with Crippen LogP contribution < -0.4 is 14.4 Å². The summed E-state index contributed by atoms with van der Waals surface area (Å²) in [7, 11) is -2.24. The highest BCUT2D eigenvalue weighted by Gasteiger charge is 2.32. The van der Waals surface area contributed by atoms with Crippen LogP contribution in [-0.4, -0.2) is 56.6 Å². The summed E-state index contributed by atoms with van der Waals surface area (Å²) in [5.74, 6) is -0.663. The van der Waals surface area contributed by atoms with E-state index < -0.39 is 27.4 Å². The fourth-order valence-electron chi connectivity index (χ4n) is 4.61. The predicted molar refractivity (Wildman–Crippen MR) is 168 cm³/mol. The van der Waals surface area contributed by atoms with E-state index in [4.69, 9.17) is 16.3 Å². The molecule has 3 aromatic carbocycles. The first-order valence-electron chi connectivity index (χ1n) is 13.9. The number of methoxy groups -OCH3 is 1. The van der Waals surface area contributed by atoms with Gasteiger partial charge in [-0.2, -0.15) is 0 Å². The van der Waals surface area contributed by atoms with Gasteiger partial charge in [0.1, 0.15) is 17.6 Å². The lowest BCUT2D eigenvalue weighted by atomic mass is 10.00. The van der Waals surface area contributed by atoms with E-state index in [9.17, 15) is 22.4 Å². The molecule has 0 aliphatic heterocycles. The van der Waals surface area contributed by atoms with E-state index in [1.165, 1.54) is 34.5 Å². The maximum absolute atomic E-state index is 13.9. The molecule has 0 aliphatic rings. The van der Waals surface area contributed by atoms with Gasteiger partial charge in [0.2, 0.25) is 21.8 Å². The van der Waals surface area contributed by atoms with Crippen molar-refractivity contribution in [2.24, 2.45) is 0 Å². The van der Waals surface area contributed by atoms with Crippen molar-refractivity contribution in [3.05, 3.63) is 94.8 Å². The number of anilines is 1. The van der Waals surface area contributed by atoms with Gasteiger partial charge in [-0.3, -0.25) is 13.9 Å². The lowest BCUT2D eigenvalue weighted by molar-refractivity contribution is -0.142. The van der Waals surface area contributed by atoms with Crippen molar-refractivity contribution in [2.75, 3.05) is 24.2 Å². The molecule has 0 bridgehead atoms. The molecule has 8 nitrogen and oxygen atoms in total. The van der Waals surface area contributed by atoms with Gasteiger partial charge in [0, 0.05) is 31.5 Å². The molecule has 0 heterocycles. The average Bonchev–Trinajstić information content (AvgIpc) is 2.92. The van der Waals surface area contributed by atoms with Crippen LogP contribution >= 0.6 is 11.6 Å². The summed E-state index contributed by atoms with van der Waals surface area (Å²) in [5.41, 5.74) is 1.32. The Bertz CT molecular complexity index is 1500. The predicted octanol–water partition coefficient (Wildman–Crippen LogP) is 5.59. The number of rotatable bonds is 13. The third-order valence-electron chi connectivity index (χ3n) is 6.61. The normalized spacial score (nSPS) is 12.3. The van der Waals surface area contributed by atoms with Crippen LogP contribution in [0.1, 0.15) is 44.7 Å². The van der Waals surface area contributed by atoms with Crippen LogP contribution in [0.4, 0.5) is 10.1 Å². The van der Waals surface area contributed by atoms with Gasteiger partial charge in [0.15, 0.2) is 0 Å². The Morgan fingerprint density at radius 2 is 1.65 bits per heavy atom. The quantitative estimate of drug-likeness (QED) is 0.265. The first-order valence-corrected chi connectivity index (χ1v) is 16.1. The van der Waals surface area contributed by atoms with E-state index in [1.54, 1.807) is 24.3 Å². The van der Waals surface area contributed by atoms with Gasteiger partial charge in [-0.1, -0.05) is 54.1 Å². The van der Waals surface area contributed by atoms with E-state index in [-0.39, 0.29) is 49.2 Å². The third-order valence-corrected chi connectivity index (χ3v) is 8.10. The summed E-state index contributed by atoms with van der Waals surface area (Å²) in [6.07, 6.45) is 1.48. The maximum atomic E-state index is 13.9. The SMILES string of the molecule is COc1ccc(N(CCCC(=O)N(Cc2ccc(F)cc2)C(Cc2ccccc2)C(=O)NC(C)(C)C)S(C)(=O)=O)cc1Cl. The third kappa shape index (κ3) is 10.2. The number of carbonyl (C=O) groups is 2. The summed E-state index contributed by atoms with van der Waals surface area (Å²) in [5, 5.41) is 3.25. The fourth-order valence-corrected chi connectivity index (χ4v) is 5.82. The van der Waals surface area contributed by atoms with Gasteiger partial charge >= 0.3 is 0 Å². The van der Waals surface area contributed by atoms with Gasteiger partial charge in [0.25, 0.3) is 0 Å². The molecule has 0 saturated carbocycles. The number of nitrogens with zero attached hydrogens (tertiary/aromatic N) is 2. The number of ether oxygens (including phenoxy) is 1. The Balaban J connectivity index is 1.90. The highest BCUT2D eigenvalue weighted by Crippen LogP contribution is 2.30. The van der Waals surface area contributed by atoms with Gasteiger partial charge in [-0.25, -0.2) is 12.8 Å². The van der Waals surface area contributed by atoms with Crippen molar-refractivity contribution in [3.8, 4) is 5.75 Å². The molecular weight excluding hydrogens is 593 g/mol. The molecule has 0 saturated heterocycles. The van der Waals surface area contributed by atoms with Crippen LogP contribution in [0.25, 0.3) is 0 Å². The van der Waals surface area contributed by atoms with Crippen molar-refractivity contribution in [3.63, 3.8) is 0 Å². The van der Waals surface area contributed by atoms with Gasteiger partial charge < -0.3 is 15.0 Å². The zero-order valence-electron chi connectivity index (χ0n) is 25.1. The van der Waals surface area contributed by atoms with E-state index in [0.29, 0.717) is 17.0 Å². The Kier molecular flexibility index (Phi) is 11.6. The number of hydrogen-bond donors (Lipinski definition) is 1. The molecule has 0 radical (unpaired) electrons. The Hall–Kier alpha value is -3.63. The van der Waals surface area contributed by atoms with Crippen LogP contribution in [0.3, 0.4) is 0 Å². The first-order chi connectivity index (χ1) is 20.2. The van der Waals surface area contributed by atoms with Crippen molar-refractivity contribution < 1.29 is 27.1 Å². The number of sulfonamides is 1. The van der Waals surface area contributed by atoms with Gasteiger partial charge in [-0.15, -0.1) is 0 Å². The summed E-state index contributed by atoms with van der Waals surface area (Å²) in [6, 6.07) is 19.0. The van der Waals surface area contributed by atoms with E-state index in [0.717, 1.165) is 11.8 Å². The summed E-state index contributed by atoms with van der Waals surface area (Å²) in [4.78, 5) is 29.0. The number of halogens is 2. The van der Waals surface area contributed by atoms with Crippen molar-refractivity contribution in [1.82, 2.24) is 10.2 Å². The topological polar surface area (TPSA) is 96.0 Å². The molecule has 1 N–H and O–H groups in total. The standard InChI is InChI=1S/C32H39ClFN3O5S/c1-32(2,3)35-31(39)28(20-23-10-7-6-8-11-23)36(22-24-13-15-25(34)16-14-24)30(38)12-9-19-37(43(5,40)41)26-17-18-29(42-4)27(33)21-26/h6-8,10-11,13-18,21,28H,9,12,19-20,22H2,1-5H3,(H,35,39). The molecule has 43 heavy (non-hydrogen) atoms. The summed E-state index contributed by atoms with van der Waals surface area (Å²) >= 11 is 6.24. The Morgan fingerprint density at radius 1 is 1.00 bits per heavy atom. The fraction of sp³-hybridized carbons (Fsp3) is 0.375. The molecule has 1 atom stereocenters. The largest absolute Gasteiger partial charge is 0.495 e. The smallest absolute Gasteiger partial charge is 0.243 e. The molecule has 0 fully saturated rings. The zero-order chi connectivity index (χ0) is 31.8. The van der Waals surface area contributed by atoms with Crippen LogP contribution in [-0.2, 0) is 32.6 Å². The Labute approximate surface area is 258 Å². The lowest BCUT2D eigenvalue weighted by Crippen LogP contribution is -2.54. The molecule has 232 valence electrons. The Morgan fingerprint density at radius 3 is 2.21 bits per heavy atom. The van der Waals surface area contributed by atoms with E-state index in [1.807, 2.05) is 51.1 Å². The molecule has 3 rings (SSSR count). The number of nitrogens with one attached hydrogen (secondary N) is 1. The minimum absolute atomic E-state index is 0.00909. The van der Waals surface area contributed by atoms with E-state index in [2.05, 4.69) is 5.32 Å². The average molecular weight is 632 g/mol. The maximum Gasteiger partial charge on any atom is 0.243 e. The van der Waals surface area contributed by atoms with Crippen molar-refractivity contribution in [1.29, 1.82) is 0 Å². The summed E-state index contributed by atoms with van der Waals surface area (Å²) in [6.45, 7) is 5.67. The van der Waals surface area contributed by atoms with Crippen LogP contribution in [0.2, 0.25) is 5.02 Å². The molecule has 0 spiro atoms. The monoisotopic (exact) mass is 631 g/mol. The minimum atomic E-state index is -3.71. The highest BCUT2D eigenvalue weighted by molar-refractivity contribution is 7.92. The van der Waals surface area contributed by atoms with Crippen molar-refractivity contribution in [2.45, 2.75) is 58.2 Å². The lowest BCUT2D eigenvalue weighted by Gasteiger charge is -2.34. The van der Waals surface area contributed by atoms with E-state index >= 15 is 0 Å². The second-order valence-corrected chi connectivity index (χ2v) is 13.7. The second kappa shape index (κ2) is 14.7. The van der Waals surface area contributed by atoms with Crippen molar-refractivity contribution >= 4 is 39.1 Å². The number of benzene rings is 3. The minimum Gasteiger partial charge on any atom is -0.495 e. The zero-order valence-corrected chi connectivity index (χ0v) is 26.7. The molecule has 0 aliphatic carbocycles. The highest BCUT2D eigenvalue weighted by atomic mass is 35.5. The second-order valence-electron chi connectivity index (χ2n) is 11.4. The molecule has 2 amide bonds. The molecule has 1 unspecified atom stereocenters. The van der Waals surface area contributed by atoms with Crippen LogP contribution in [0.5, 0.6) is 5.75 Å². The number of carbonyl (C=O) groups excluding carboxylic acids is 2. The number of amides is 2. The molecular formula is C32H39ClFN3O5S. The number of hydrogen-bond acceptors (Lipinski definition) is 5. The molecule has 11 heteroatoms. The molecule has 3 aromatic rings. The van der Waals surface area contributed by atoms with Crippen LogP contribution in [0, 0.1) is 5.82 Å². The van der Waals surface area contributed by atoms with Crippen LogP contribution in [0.15, 0.2) is 72.8 Å². The summed E-state index contributed by atoms with van der Waals surface area (Å²) < 4.78 is 45.4. The first kappa shape index (κ1) is 33.9. The molecule has 0 aromatic heterocycles. The van der Waals surface area contributed by atoms with Gasteiger partial charge in [-0.05, 0) is 68.7 Å².